The van der Waals surface area contributed by atoms with Gasteiger partial charge < -0.3 is 9.64 Å². The molecule has 0 spiro atoms. The van der Waals surface area contributed by atoms with Gasteiger partial charge in [0, 0.05) is 26.2 Å². The van der Waals surface area contributed by atoms with Crippen LogP contribution in [0.25, 0.3) is 0 Å². The molecule has 7 nitrogen and oxygen atoms in total. The van der Waals surface area contributed by atoms with Gasteiger partial charge in [0.05, 0.1) is 10.5 Å². The molecule has 1 amide bonds. The van der Waals surface area contributed by atoms with Crippen molar-refractivity contribution in [3.8, 4) is 0 Å². The molecule has 176 valence electrons. The summed E-state index contributed by atoms with van der Waals surface area (Å²) in [5.74, 6) is -0.884. The van der Waals surface area contributed by atoms with Gasteiger partial charge in [-0.3, -0.25) is 4.79 Å². The summed E-state index contributed by atoms with van der Waals surface area (Å²) < 4.78 is 32.7. The summed E-state index contributed by atoms with van der Waals surface area (Å²) in [6.07, 6.45) is 3.64. The van der Waals surface area contributed by atoms with E-state index in [9.17, 15) is 18.0 Å². The first kappa shape index (κ1) is 23.4. The Hall–Kier alpha value is -2.71. The van der Waals surface area contributed by atoms with Gasteiger partial charge in [0.2, 0.25) is 10.0 Å². The van der Waals surface area contributed by atoms with Gasteiger partial charge in [0.15, 0.2) is 6.10 Å². The number of ether oxygens (including phenoxy) is 1. The van der Waals surface area contributed by atoms with Crippen LogP contribution in [-0.2, 0) is 32.5 Å². The van der Waals surface area contributed by atoms with Crippen LogP contribution in [0.1, 0.15) is 54.1 Å². The van der Waals surface area contributed by atoms with Gasteiger partial charge in [-0.15, -0.1) is 0 Å². The minimum absolute atomic E-state index is 0.164. The Balaban J connectivity index is 1.38. The largest absolute Gasteiger partial charge is 0.449 e. The quantitative estimate of drug-likeness (QED) is 0.626. The van der Waals surface area contributed by atoms with Crippen LogP contribution >= 0.6 is 0 Å². The van der Waals surface area contributed by atoms with Crippen molar-refractivity contribution < 1.29 is 22.7 Å². The number of esters is 1. The van der Waals surface area contributed by atoms with Gasteiger partial charge >= 0.3 is 5.97 Å². The maximum Gasteiger partial charge on any atom is 0.338 e. The number of rotatable bonds is 5. The average Bonchev–Trinajstić information content (AvgIpc) is 3.13. The van der Waals surface area contributed by atoms with Crippen LogP contribution in [-0.4, -0.2) is 55.2 Å². The van der Waals surface area contributed by atoms with Crippen LogP contribution < -0.4 is 0 Å². The molecule has 1 atom stereocenters. The Morgan fingerprint density at radius 1 is 0.879 bits per heavy atom. The standard InChI is InChI=1S/C25H30N2O5S/c1-19(24(28)26-17-14-20-8-4-5-9-22(20)18-26)32-25(29)21-10-12-23(13-11-21)33(30,31)27-15-6-2-3-7-16-27/h4-5,8-13,19H,2-3,6-7,14-18H2,1H3. The third-order valence-corrected chi connectivity index (χ3v) is 8.28. The number of hydrogen-bond acceptors (Lipinski definition) is 5. The van der Waals surface area contributed by atoms with Gasteiger partial charge in [0.25, 0.3) is 5.91 Å². The molecule has 2 aromatic carbocycles. The van der Waals surface area contributed by atoms with Crippen molar-refractivity contribution in [3.05, 3.63) is 65.2 Å². The Morgan fingerprint density at radius 2 is 1.52 bits per heavy atom. The fourth-order valence-electron chi connectivity index (χ4n) is 4.41. The van der Waals surface area contributed by atoms with Crippen molar-refractivity contribution in [1.82, 2.24) is 9.21 Å². The molecule has 1 fully saturated rings. The molecule has 2 heterocycles. The normalized spacial score (nSPS) is 18.2. The summed E-state index contributed by atoms with van der Waals surface area (Å²) in [6.45, 7) is 3.69. The maximum absolute atomic E-state index is 12.9. The first-order valence-corrected chi connectivity index (χ1v) is 13.0. The van der Waals surface area contributed by atoms with E-state index in [-0.39, 0.29) is 16.4 Å². The number of hydrogen-bond donors (Lipinski definition) is 0. The lowest BCUT2D eigenvalue weighted by atomic mass is 9.99. The molecule has 0 aromatic heterocycles. The molecule has 0 saturated carbocycles. The fourth-order valence-corrected chi connectivity index (χ4v) is 5.93. The number of amides is 1. The highest BCUT2D eigenvalue weighted by Crippen LogP contribution is 2.22. The number of carbonyl (C=O) groups excluding carboxylic acids is 2. The Labute approximate surface area is 195 Å². The zero-order valence-electron chi connectivity index (χ0n) is 18.9. The third kappa shape index (κ3) is 5.28. The highest BCUT2D eigenvalue weighted by Gasteiger charge is 2.28. The van der Waals surface area contributed by atoms with Gasteiger partial charge in [-0.1, -0.05) is 37.1 Å². The summed E-state index contributed by atoms with van der Waals surface area (Å²) in [7, 11) is -3.58. The second-order valence-corrected chi connectivity index (χ2v) is 10.6. The monoisotopic (exact) mass is 470 g/mol. The molecule has 0 N–H and O–H groups in total. The van der Waals surface area contributed by atoms with E-state index in [0.29, 0.717) is 26.2 Å². The number of sulfonamides is 1. The lowest BCUT2D eigenvalue weighted by molar-refractivity contribution is -0.140. The summed E-state index contributed by atoms with van der Waals surface area (Å²) >= 11 is 0. The molecule has 0 bridgehead atoms. The molecule has 8 heteroatoms. The highest BCUT2D eigenvalue weighted by atomic mass is 32.2. The molecule has 2 aliphatic heterocycles. The van der Waals surface area contributed by atoms with Crippen LogP contribution in [0.4, 0.5) is 0 Å². The second kappa shape index (κ2) is 10.1. The first-order valence-electron chi connectivity index (χ1n) is 11.5. The summed E-state index contributed by atoms with van der Waals surface area (Å²) in [5, 5.41) is 0. The average molecular weight is 471 g/mol. The first-order chi connectivity index (χ1) is 15.9. The van der Waals surface area contributed by atoms with Crippen molar-refractivity contribution in [2.24, 2.45) is 0 Å². The third-order valence-electron chi connectivity index (χ3n) is 6.37. The number of carbonyl (C=O) groups is 2. The second-order valence-electron chi connectivity index (χ2n) is 8.67. The molecular formula is C25H30N2O5S. The minimum Gasteiger partial charge on any atom is -0.449 e. The summed E-state index contributed by atoms with van der Waals surface area (Å²) in [6, 6.07) is 13.8. The molecule has 1 unspecified atom stereocenters. The topological polar surface area (TPSA) is 84.0 Å². The molecular weight excluding hydrogens is 440 g/mol. The zero-order valence-corrected chi connectivity index (χ0v) is 19.7. The molecule has 2 aromatic rings. The van der Waals surface area contributed by atoms with Crippen molar-refractivity contribution >= 4 is 21.9 Å². The van der Waals surface area contributed by atoms with E-state index in [1.54, 1.807) is 11.8 Å². The Bertz CT molecular complexity index is 1110. The SMILES string of the molecule is CC(OC(=O)c1ccc(S(=O)(=O)N2CCCCCC2)cc1)C(=O)N1CCc2ccccc2C1. The summed E-state index contributed by atoms with van der Waals surface area (Å²) in [5.41, 5.74) is 2.56. The van der Waals surface area contributed by atoms with Crippen LogP contribution in [0, 0.1) is 0 Å². The van der Waals surface area contributed by atoms with E-state index in [2.05, 4.69) is 6.07 Å². The predicted molar refractivity (Wildman–Crippen MR) is 124 cm³/mol. The Morgan fingerprint density at radius 3 is 2.18 bits per heavy atom. The van der Waals surface area contributed by atoms with E-state index >= 15 is 0 Å². The number of benzene rings is 2. The number of fused-ring (bicyclic) bond motifs is 1. The van der Waals surface area contributed by atoms with E-state index in [1.807, 2.05) is 18.2 Å². The molecule has 0 aliphatic carbocycles. The van der Waals surface area contributed by atoms with E-state index in [0.717, 1.165) is 37.7 Å². The van der Waals surface area contributed by atoms with Gasteiger partial charge in [-0.05, 0) is 61.6 Å². The van der Waals surface area contributed by atoms with E-state index in [1.165, 1.54) is 34.1 Å². The molecule has 2 aliphatic rings. The lowest BCUT2D eigenvalue weighted by Crippen LogP contribution is -2.42. The van der Waals surface area contributed by atoms with Crippen LogP contribution in [0.5, 0.6) is 0 Å². The van der Waals surface area contributed by atoms with Gasteiger partial charge in [0.1, 0.15) is 0 Å². The highest BCUT2D eigenvalue weighted by molar-refractivity contribution is 7.89. The van der Waals surface area contributed by atoms with E-state index in [4.69, 9.17) is 4.74 Å². The van der Waals surface area contributed by atoms with Crippen molar-refractivity contribution in [2.75, 3.05) is 19.6 Å². The predicted octanol–water partition coefficient (Wildman–Crippen LogP) is 3.38. The minimum atomic E-state index is -3.58. The zero-order chi connectivity index (χ0) is 23.4. The van der Waals surface area contributed by atoms with Crippen molar-refractivity contribution in [2.45, 2.75) is 56.6 Å². The Kier molecular flexibility index (Phi) is 7.14. The number of nitrogens with zero attached hydrogens (tertiary/aromatic N) is 2. The lowest BCUT2D eigenvalue weighted by Gasteiger charge is -2.30. The molecule has 1 saturated heterocycles. The molecule has 0 radical (unpaired) electrons. The molecule has 33 heavy (non-hydrogen) atoms. The van der Waals surface area contributed by atoms with Crippen LogP contribution in [0.2, 0.25) is 0 Å². The van der Waals surface area contributed by atoms with Crippen LogP contribution in [0.15, 0.2) is 53.4 Å². The van der Waals surface area contributed by atoms with E-state index < -0.39 is 22.1 Å². The summed E-state index contributed by atoms with van der Waals surface area (Å²) in [4.78, 5) is 27.3. The molecule has 4 rings (SSSR count). The van der Waals surface area contributed by atoms with Crippen molar-refractivity contribution in [1.29, 1.82) is 0 Å². The fraction of sp³-hybridized carbons (Fsp3) is 0.440. The van der Waals surface area contributed by atoms with Gasteiger partial charge in [-0.2, -0.15) is 4.31 Å². The van der Waals surface area contributed by atoms with Gasteiger partial charge in [-0.25, -0.2) is 13.2 Å². The van der Waals surface area contributed by atoms with Crippen molar-refractivity contribution in [3.63, 3.8) is 0 Å². The maximum atomic E-state index is 12.9. The smallest absolute Gasteiger partial charge is 0.338 e. The van der Waals surface area contributed by atoms with Crippen LogP contribution in [0.3, 0.4) is 0 Å².